The predicted molar refractivity (Wildman–Crippen MR) is 111 cm³/mol. The minimum absolute atomic E-state index is 0.0752. The van der Waals surface area contributed by atoms with Crippen LogP contribution >= 0.6 is 0 Å². The van der Waals surface area contributed by atoms with E-state index < -0.39 is 16.1 Å². The second kappa shape index (κ2) is 11.5. The van der Waals surface area contributed by atoms with Crippen molar-refractivity contribution < 1.29 is 22.7 Å². The molecule has 0 aromatic heterocycles. The zero-order chi connectivity index (χ0) is 21.1. The minimum Gasteiger partial charge on any atom is -0.494 e. The zero-order valence-electron chi connectivity index (χ0n) is 16.8. The molecule has 0 aliphatic rings. The van der Waals surface area contributed by atoms with Crippen molar-refractivity contribution in [2.75, 3.05) is 26.9 Å². The molecule has 2 N–H and O–H groups in total. The summed E-state index contributed by atoms with van der Waals surface area (Å²) in [4.78, 5) is 12.7. The average Bonchev–Trinajstić information content (AvgIpc) is 2.72. The van der Waals surface area contributed by atoms with E-state index in [1.807, 2.05) is 37.3 Å². The summed E-state index contributed by atoms with van der Waals surface area (Å²) in [6.45, 7) is 3.27. The quantitative estimate of drug-likeness (QED) is 0.513. The van der Waals surface area contributed by atoms with Gasteiger partial charge in [-0.3, -0.25) is 4.79 Å². The SMILES string of the molecule is CCOc1ccc(S(=O)(=O)N[C@@H](Cc2ccccc2)C(=O)NCCCOC)cc1. The molecule has 8 heteroatoms. The van der Waals surface area contributed by atoms with Crippen molar-refractivity contribution in [3.63, 3.8) is 0 Å². The van der Waals surface area contributed by atoms with E-state index in [9.17, 15) is 13.2 Å². The number of hydrogen-bond donors (Lipinski definition) is 2. The lowest BCUT2D eigenvalue weighted by atomic mass is 10.1. The van der Waals surface area contributed by atoms with Crippen molar-refractivity contribution in [2.45, 2.75) is 30.7 Å². The number of methoxy groups -OCH3 is 1. The van der Waals surface area contributed by atoms with Crippen LogP contribution in [-0.2, 0) is 26.0 Å². The summed E-state index contributed by atoms with van der Waals surface area (Å²) in [7, 11) is -2.29. The third-order valence-corrected chi connectivity index (χ3v) is 5.65. The first-order chi connectivity index (χ1) is 14.0. The lowest BCUT2D eigenvalue weighted by Gasteiger charge is -2.19. The number of hydrogen-bond acceptors (Lipinski definition) is 5. The highest BCUT2D eigenvalue weighted by Gasteiger charge is 2.26. The molecular formula is C21H28N2O5S. The summed E-state index contributed by atoms with van der Waals surface area (Å²) in [5.41, 5.74) is 0.860. The Morgan fingerprint density at radius 1 is 1.07 bits per heavy atom. The lowest BCUT2D eigenvalue weighted by Crippen LogP contribution is -2.48. The summed E-state index contributed by atoms with van der Waals surface area (Å²) in [5.74, 6) is 0.211. The molecule has 0 radical (unpaired) electrons. The van der Waals surface area contributed by atoms with Crippen molar-refractivity contribution in [3.05, 3.63) is 60.2 Å². The van der Waals surface area contributed by atoms with E-state index in [-0.39, 0.29) is 17.2 Å². The summed E-state index contributed by atoms with van der Waals surface area (Å²) in [6.07, 6.45) is 0.888. The number of rotatable bonds is 12. The van der Waals surface area contributed by atoms with E-state index in [0.717, 1.165) is 5.56 Å². The highest BCUT2D eigenvalue weighted by Crippen LogP contribution is 2.17. The van der Waals surface area contributed by atoms with Crippen molar-refractivity contribution >= 4 is 15.9 Å². The molecule has 0 bridgehead atoms. The minimum atomic E-state index is -3.88. The molecule has 29 heavy (non-hydrogen) atoms. The van der Waals surface area contributed by atoms with Gasteiger partial charge in [0.05, 0.1) is 11.5 Å². The summed E-state index contributed by atoms with van der Waals surface area (Å²) in [6, 6.07) is 14.5. The topological polar surface area (TPSA) is 93.7 Å². The summed E-state index contributed by atoms with van der Waals surface area (Å²) >= 11 is 0. The van der Waals surface area contributed by atoms with Gasteiger partial charge in [0.1, 0.15) is 11.8 Å². The van der Waals surface area contributed by atoms with E-state index in [0.29, 0.717) is 31.9 Å². The van der Waals surface area contributed by atoms with E-state index in [1.54, 1.807) is 19.2 Å². The van der Waals surface area contributed by atoms with Crippen molar-refractivity contribution in [3.8, 4) is 5.75 Å². The van der Waals surface area contributed by atoms with Crippen LogP contribution in [0.25, 0.3) is 0 Å². The first kappa shape index (κ1) is 22.9. The second-order valence-electron chi connectivity index (χ2n) is 6.41. The van der Waals surface area contributed by atoms with Gasteiger partial charge in [-0.2, -0.15) is 4.72 Å². The van der Waals surface area contributed by atoms with E-state index in [4.69, 9.17) is 9.47 Å². The molecule has 2 aromatic rings. The molecular weight excluding hydrogens is 392 g/mol. The Hall–Kier alpha value is -2.42. The van der Waals surface area contributed by atoms with Gasteiger partial charge in [-0.25, -0.2) is 8.42 Å². The third kappa shape index (κ3) is 7.49. The van der Waals surface area contributed by atoms with Crippen LogP contribution in [0, 0.1) is 0 Å². The normalized spacial score (nSPS) is 12.3. The number of sulfonamides is 1. The number of benzene rings is 2. The van der Waals surface area contributed by atoms with Gasteiger partial charge in [-0.05, 0) is 49.6 Å². The smallest absolute Gasteiger partial charge is 0.241 e. The Morgan fingerprint density at radius 2 is 1.76 bits per heavy atom. The first-order valence-electron chi connectivity index (χ1n) is 9.52. The van der Waals surface area contributed by atoms with Gasteiger partial charge < -0.3 is 14.8 Å². The molecule has 0 spiro atoms. The van der Waals surface area contributed by atoms with Gasteiger partial charge in [-0.15, -0.1) is 0 Å². The maximum Gasteiger partial charge on any atom is 0.241 e. The molecule has 0 saturated carbocycles. The molecule has 0 unspecified atom stereocenters. The number of carbonyl (C=O) groups excluding carboxylic acids is 1. The highest BCUT2D eigenvalue weighted by molar-refractivity contribution is 7.89. The predicted octanol–water partition coefficient (Wildman–Crippen LogP) is 2.13. The molecule has 0 fully saturated rings. The van der Waals surface area contributed by atoms with Crippen LogP contribution in [-0.4, -0.2) is 47.2 Å². The Bertz CT molecular complexity index is 854. The van der Waals surface area contributed by atoms with Crippen LogP contribution < -0.4 is 14.8 Å². The number of amides is 1. The van der Waals surface area contributed by atoms with Crippen LogP contribution in [0.2, 0.25) is 0 Å². The van der Waals surface area contributed by atoms with Crippen LogP contribution in [0.5, 0.6) is 5.75 Å². The third-order valence-electron chi connectivity index (χ3n) is 4.17. The lowest BCUT2D eigenvalue weighted by molar-refractivity contribution is -0.122. The van der Waals surface area contributed by atoms with Crippen LogP contribution in [0.15, 0.2) is 59.5 Å². The van der Waals surface area contributed by atoms with Crippen LogP contribution in [0.3, 0.4) is 0 Å². The average molecular weight is 421 g/mol. The highest BCUT2D eigenvalue weighted by atomic mass is 32.2. The molecule has 0 heterocycles. The largest absolute Gasteiger partial charge is 0.494 e. The molecule has 0 aliphatic heterocycles. The fourth-order valence-corrected chi connectivity index (χ4v) is 3.92. The van der Waals surface area contributed by atoms with Gasteiger partial charge in [0.2, 0.25) is 15.9 Å². The Morgan fingerprint density at radius 3 is 2.38 bits per heavy atom. The van der Waals surface area contributed by atoms with E-state index in [1.165, 1.54) is 12.1 Å². The van der Waals surface area contributed by atoms with Gasteiger partial charge in [0, 0.05) is 20.3 Å². The van der Waals surface area contributed by atoms with E-state index in [2.05, 4.69) is 10.0 Å². The summed E-state index contributed by atoms with van der Waals surface area (Å²) in [5, 5.41) is 2.77. The second-order valence-corrected chi connectivity index (χ2v) is 8.12. The monoisotopic (exact) mass is 420 g/mol. The molecule has 2 rings (SSSR count). The summed E-state index contributed by atoms with van der Waals surface area (Å²) < 4.78 is 38.5. The molecule has 158 valence electrons. The van der Waals surface area contributed by atoms with Crippen LogP contribution in [0.1, 0.15) is 18.9 Å². The fraction of sp³-hybridized carbons (Fsp3) is 0.381. The zero-order valence-corrected chi connectivity index (χ0v) is 17.6. The number of ether oxygens (including phenoxy) is 2. The number of carbonyl (C=O) groups is 1. The number of nitrogens with one attached hydrogen (secondary N) is 2. The van der Waals surface area contributed by atoms with Gasteiger partial charge in [-0.1, -0.05) is 30.3 Å². The van der Waals surface area contributed by atoms with Crippen molar-refractivity contribution in [1.82, 2.24) is 10.0 Å². The van der Waals surface area contributed by atoms with E-state index >= 15 is 0 Å². The van der Waals surface area contributed by atoms with Crippen LogP contribution in [0.4, 0.5) is 0 Å². The van der Waals surface area contributed by atoms with Crippen molar-refractivity contribution in [1.29, 1.82) is 0 Å². The Kier molecular flexibility index (Phi) is 9.11. The van der Waals surface area contributed by atoms with Gasteiger partial charge in [0.15, 0.2) is 0 Å². The van der Waals surface area contributed by atoms with Gasteiger partial charge in [0.25, 0.3) is 0 Å². The molecule has 0 aliphatic carbocycles. The molecule has 1 atom stereocenters. The maximum absolute atomic E-state index is 12.8. The molecule has 1 amide bonds. The Labute approximate surface area is 172 Å². The first-order valence-corrected chi connectivity index (χ1v) is 11.0. The fourth-order valence-electron chi connectivity index (χ4n) is 2.73. The van der Waals surface area contributed by atoms with Crippen molar-refractivity contribution in [2.24, 2.45) is 0 Å². The molecule has 7 nitrogen and oxygen atoms in total. The molecule has 0 saturated heterocycles. The standard InChI is InChI=1S/C21H28N2O5S/c1-3-28-18-10-12-19(13-11-18)29(25,26)23-20(16-17-8-5-4-6-9-17)21(24)22-14-7-15-27-2/h4-6,8-13,20,23H,3,7,14-16H2,1-2H3,(H,22,24)/t20-/m0/s1. The van der Waals surface area contributed by atoms with Gasteiger partial charge >= 0.3 is 0 Å². The maximum atomic E-state index is 12.8. The Balaban J connectivity index is 2.14. The molecule has 2 aromatic carbocycles.